The minimum atomic E-state index is -0.149. The van der Waals surface area contributed by atoms with Gasteiger partial charge in [0.25, 0.3) is 5.56 Å². The quantitative estimate of drug-likeness (QED) is 0.383. The van der Waals surface area contributed by atoms with Crippen LogP contribution in [-0.2, 0) is 6.54 Å². The Balaban J connectivity index is 1.56. The van der Waals surface area contributed by atoms with Crippen molar-refractivity contribution in [3.8, 4) is 17.5 Å². The van der Waals surface area contributed by atoms with Crippen molar-refractivity contribution in [3.63, 3.8) is 0 Å². The van der Waals surface area contributed by atoms with E-state index in [0.717, 1.165) is 16.8 Å². The molecule has 2 N–H and O–H groups in total. The van der Waals surface area contributed by atoms with Crippen molar-refractivity contribution in [2.45, 2.75) is 13.5 Å². The molecule has 0 bridgehead atoms. The fraction of sp³-hybridized carbons (Fsp3) is 0.0690. The van der Waals surface area contributed by atoms with Crippen LogP contribution in [0.15, 0.2) is 90.0 Å². The zero-order chi connectivity index (χ0) is 25.4. The SMILES string of the molecule is Cc1ccccc1-n1c(Cn2nc(C#Cc3ccccc3)c3c(N)ncnc32)nc2ccccc2c1=O. The molecule has 0 aliphatic heterocycles. The van der Waals surface area contributed by atoms with Gasteiger partial charge < -0.3 is 5.73 Å². The molecular formula is C29H21N7O. The third-order valence-electron chi connectivity index (χ3n) is 6.15. The molecule has 8 heteroatoms. The lowest BCUT2D eigenvalue weighted by molar-refractivity contribution is 0.647. The summed E-state index contributed by atoms with van der Waals surface area (Å²) in [5.41, 5.74) is 10.2. The van der Waals surface area contributed by atoms with Crippen LogP contribution in [-0.4, -0.2) is 29.3 Å². The van der Waals surface area contributed by atoms with Crippen LogP contribution < -0.4 is 11.3 Å². The summed E-state index contributed by atoms with van der Waals surface area (Å²) in [7, 11) is 0. The highest BCUT2D eigenvalue weighted by Gasteiger charge is 2.19. The number of aryl methyl sites for hydroxylation is 1. The van der Waals surface area contributed by atoms with Gasteiger partial charge in [0.05, 0.1) is 22.0 Å². The largest absolute Gasteiger partial charge is 0.383 e. The first kappa shape index (κ1) is 22.2. The average Bonchev–Trinajstić information content (AvgIpc) is 3.27. The number of para-hydroxylation sites is 2. The molecule has 3 heterocycles. The summed E-state index contributed by atoms with van der Waals surface area (Å²) in [6.07, 6.45) is 1.40. The summed E-state index contributed by atoms with van der Waals surface area (Å²) in [5.74, 6) is 7.05. The molecule has 0 fully saturated rings. The van der Waals surface area contributed by atoms with E-state index in [1.807, 2.05) is 79.7 Å². The van der Waals surface area contributed by atoms with E-state index < -0.39 is 0 Å². The normalized spacial score (nSPS) is 10.9. The summed E-state index contributed by atoms with van der Waals surface area (Å²) in [6, 6.07) is 24.7. The number of nitrogen functional groups attached to an aromatic ring is 1. The molecule has 3 aromatic carbocycles. The van der Waals surface area contributed by atoms with Gasteiger partial charge in [-0.3, -0.25) is 9.36 Å². The zero-order valence-corrected chi connectivity index (χ0v) is 20.0. The van der Waals surface area contributed by atoms with Crippen molar-refractivity contribution < 1.29 is 0 Å². The molecule has 37 heavy (non-hydrogen) atoms. The maximum absolute atomic E-state index is 13.7. The van der Waals surface area contributed by atoms with Crippen molar-refractivity contribution in [1.82, 2.24) is 29.3 Å². The van der Waals surface area contributed by atoms with Gasteiger partial charge in [0.1, 0.15) is 30.2 Å². The van der Waals surface area contributed by atoms with Crippen molar-refractivity contribution >= 4 is 27.8 Å². The molecule has 6 aromatic rings. The molecule has 8 nitrogen and oxygen atoms in total. The highest BCUT2D eigenvalue weighted by atomic mass is 16.1. The predicted molar refractivity (Wildman–Crippen MR) is 143 cm³/mol. The number of hydrogen-bond donors (Lipinski definition) is 1. The molecule has 0 aliphatic rings. The Labute approximate surface area is 212 Å². The molecule has 0 atom stereocenters. The fourth-order valence-corrected chi connectivity index (χ4v) is 4.36. The van der Waals surface area contributed by atoms with Crippen LogP contribution in [0, 0.1) is 18.8 Å². The Morgan fingerprint density at radius 1 is 0.892 bits per heavy atom. The minimum absolute atomic E-state index is 0.149. The first-order valence-corrected chi connectivity index (χ1v) is 11.7. The van der Waals surface area contributed by atoms with E-state index in [1.54, 1.807) is 15.3 Å². The van der Waals surface area contributed by atoms with Gasteiger partial charge >= 0.3 is 0 Å². The van der Waals surface area contributed by atoms with Gasteiger partial charge in [0.2, 0.25) is 0 Å². The molecular weight excluding hydrogens is 462 g/mol. The number of hydrogen-bond acceptors (Lipinski definition) is 6. The Morgan fingerprint density at radius 3 is 2.49 bits per heavy atom. The van der Waals surface area contributed by atoms with Crippen LogP contribution in [0.1, 0.15) is 22.6 Å². The van der Waals surface area contributed by atoms with Gasteiger partial charge in [-0.05, 0) is 48.7 Å². The summed E-state index contributed by atoms with van der Waals surface area (Å²) in [6.45, 7) is 2.14. The number of rotatable bonds is 3. The standard InChI is InChI=1S/C29H21N7O/c1-19-9-5-8-14-24(19)36-25(33-22-13-7-6-12-21(22)29(36)37)17-35-28-26(27(30)31-18-32-28)23(34-35)16-15-20-10-3-2-4-11-20/h2-14,18H,17H2,1H3,(H2,30,31,32). The number of nitrogens with two attached hydrogens (primary N) is 1. The average molecular weight is 484 g/mol. The van der Waals surface area contributed by atoms with Crippen molar-refractivity contribution in [3.05, 3.63) is 118 Å². The summed E-state index contributed by atoms with van der Waals surface area (Å²) in [5, 5.41) is 5.84. The maximum atomic E-state index is 13.7. The van der Waals surface area contributed by atoms with E-state index in [2.05, 4.69) is 21.8 Å². The molecule has 0 saturated carbocycles. The van der Waals surface area contributed by atoms with Crippen LogP contribution in [0.25, 0.3) is 27.6 Å². The molecule has 0 saturated heterocycles. The van der Waals surface area contributed by atoms with Crippen LogP contribution in [0.4, 0.5) is 5.82 Å². The van der Waals surface area contributed by atoms with Crippen molar-refractivity contribution in [2.75, 3.05) is 5.73 Å². The second-order valence-electron chi connectivity index (χ2n) is 8.55. The van der Waals surface area contributed by atoms with E-state index >= 15 is 0 Å². The van der Waals surface area contributed by atoms with Gasteiger partial charge in [-0.25, -0.2) is 19.6 Å². The second kappa shape index (κ2) is 9.06. The monoisotopic (exact) mass is 483 g/mol. The van der Waals surface area contributed by atoms with Crippen molar-refractivity contribution in [2.24, 2.45) is 0 Å². The molecule has 0 spiro atoms. The van der Waals surface area contributed by atoms with Crippen LogP contribution in [0.5, 0.6) is 0 Å². The molecule has 0 radical (unpaired) electrons. The molecule has 0 amide bonds. The summed E-state index contributed by atoms with van der Waals surface area (Å²) >= 11 is 0. The van der Waals surface area contributed by atoms with E-state index in [1.165, 1.54) is 6.33 Å². The number of fused-ring (bicyclic) bond motifs is 2. The number of benzene rings is 3. The Bertz CT molecular complexity index is 1910. The van der Waals surface area contributed by atoms with Gasteiger partial charge in [-0.15, -0.1) is 0 Å². The molecule has 6 rings (SSSR count). The lowest BCUT2D eigenvalue weighted by atomic mass is 10.2. The van der Waals surface area contributed by atoms with E-state index in [9.17, 15) is 4.79 Å². The van der Waals surface area contributed by atoms with Crippen LogP contribution in [0.3, 0.4) is 0 Å². The Kier molecular flexibility index (Phi) is 5.43. The molecule has 0 unspecified atom stereocenters. The van der Waals surface area contributed by atoms with Gasteiger partial charge in [0.15, 0.2) is 5.65 Å². The fourth-order valence-electron chi connectivity index (χ4n) is 4.36. The highest BCUT2D eigenvalue weighted by Crippen LogP contribution is 2.23. The van der Waals surface area contributed by atoms with E-state index in [4.69, 9.17) is 15.8 Å². The third kappa shape index (κ3) is 3.98. The predicted octanol–water partition coefficient (Wildman–Crippen LogP) is 3.86. The smallest absolute Gasteiger partial charge is 0.266 e. The number of nitrogens with zero attached hydrogens (tertiary/aromatic N) is 6. The zero-order valence-electron chi connectivity index (χ0n) is 20.0. The Hall–Kier alpha value is -5.29. The minimum Gasteiger partial charge on any atom is -0.383 e. The lowest BCUT2D eigenvalue weighted by Crippen LogP contribution is -2.26. The van der Waals surface area contributed by atoms with E-state index in [0.29, 0.717) is 33.5 Å². The molecule has 3 aromatic heterocycles. The molecule has 0 aliphatic carbocycles. The van der Waals surface area contributed by atoms with Gasteiger partial charge in [-0.2, -0.15) is 5.10 Å². The summed E-state index contributed by atoms with van der Waals surface area (Å²) < 4.78 is 3.32. The maximum Gasteiger partial charge on any atom is 0.266 e. The van der Waals surface area contributed by atoms with Gasteiger partial charge in [0, 0.05) is 5.56 Å². The first-order chi connectivity index (χ1) is 18.1. The Morgan fingerprint density at radius 2 is 1.65 bits per heavy atom. The van der Waals surface area contributed by atoms with E-state index in [-0.39, 0.29) is 17.9 Å². The molecule has 178 valence electrons. The first-order valence-electron chi connectivity index (χ1n) is 11.7. The highest BCUT2D eigenvalue weighted by molar-refractivity contribution is 5.90. The number of aromatic nitrogens is 6. The van der Waals surface area contributed by atoms with Gasteiger partial charge in [-0.1, -0.05) is 54.5 Å². The number of anilines is 1. The van der Waals surface area contributed by atoms with Crippen LogP contribution in [0.2, 0.25) is 0 Å². The topological polar surface area (TPSA) is 105 Å². The van der Waals surface area contributed by atoms with Crippen molar-refractivity contribution in [1.29, 1.82) is 0 Å². The second-order valence-corrected chi connectivity index (χ2v) is 8.55. The summed E-state index contributed by atoms with van der Waals surface area (Å²) in [4.78, 5) is 27.2. The lowest BCUT2D eigenvalue weighted by Gasteiger charge is -2.15. The van der Waals surface area contributed by atoms with Crippen LogP contribution >= 0.6 is 0 Å². The third-order valence-corrected chi connectivity index (χ3v) is 6.15.